The molecule has 0 saturated heterocycles. The van der Waals surface area contributed by atoms with Crippen LogP contribution in [0.25, 0.3) is 0 Å². The molecule has 84 valence electrons. The molecule has 0 amide bonds. The molecule has 1 aliphatic carbocycles. The van der Waals surface area contributed by atoms with Crippen molar-refractivity contribution in [2.24, 2.45) is 5.16 Å². The lowest BCUT2D eigenvalue weighted by molar-refractivity contribution is -0.143. The van der Waals surface area contributed by atoms with Crippen LogP contribution in [0.4, 0.5) is 0 Å². The molecule has 0 spiro atoms. The zero-order chi connectivity index (χ0) is 11.5. The van der Waals surface area contributed by atoms with Crippen molar-refractivity contribution in [1.29, 1.82) is 0 Å². The van der Waals surface area contributed by atoms with E-state index in [9.17, 15) is 4.79 Å². The number of carbonyl (C=O) groups excluding carboxylic acids is 1. The maximum atomic E-state index is 11.0. The van der Waals surface area contributed by atoms with E-state index >= 15 is 0 Å². The number of aromatic nitrogens is 1. The maximum Gasteiger partial charge on any atom is 0.303 e. The lowest BCUT2D eigenvalue weighted by Gasteiger charge is -2.09. The van der Waals surface area contributed by atoms with Gasteiger partial charge in [0.2, 0.25) is 0 Å². The predicted octanol–water partition coefficient (Wildman–Crippen LogP) is 0.920. The van der Waals surface area contributed by atoms with Crippen LogP contribution in [0.2, 0.25) is 0 Å². The summed E-state index contributed by atoms with van der Waals surface area (Å²) in [6.45, 7) is 1.38. The first-order valence-electron chi connectivity index (χ1n) is 4.95. The number of hydrogen-bond donors (Lipinski definition) is 0. The fourth-order valence-electron chi connectivity index (χ4n) is 1.78. The quantitative estimate of drug-likeness (QED) is 0.549. The van der Waals surface area contributed by atoms with Crippen LogP contribution >= 0.6 is 0 Å². The van der Waals surface area contributed by atoms with Crippen LogP contribution in [-0.4, -0.2) is 29.9 Å². The Morgan fingerprint density at radius 3 is 3.12 bits per heavy atom. The molecule has 0 bridgehead atoms. The van der Waals surface area contributed by atoms with E-state index in [0.29, 0.717) is 12.1 Å². The van der Waals surface area contributed by atoms with E-state index in [2.05, 4.69) is 10.1 Å². The second kappa shape index (κ2) is 4.30. The summed E-state index contributed by atoms with van der Waals surface area (Å²) in [5.41, 5.74) is 2.34. The highest BCUT2D eigenvalue weighted by Crippen LogP contribution is 2.23. The average molecular weight is 220 g/mol. The van der Waals surface area contributed by atoms with Crippen molar-refractivity contribution < 1.29 is 14.4 Å². The first kappa shape index (κ1) is 10.6. The summed E-state index contributed by atoms with van der Waals surface area (Å²) >= 11 is 0. The SMILES string of the molecule is CO/N=C1/c2ncccc2CC1OC(C)=O. The summed E-state index contributed by atoms with van der Waals surface area (Å²) in [5, 5.41) is 3.88. The van der Waals surface area contributed by atoms with Crippen molar-refractivity contribution in [3.8, 4) is 0 Å². The molecule has 5 heteroatoms. The zero-order valence-corrected chi connectivity index (χ0v) is 9.14. The highest BCUT2D eigenvalue weighted by Gasteiger charge is 2.32. The lowest BCUT2D eigenvalue weighted by Crippen LogP contribution is -2.24. The minimum absolute atomic E-state index is 0.332. The Hall–Kier alpha value is -1.91. The second-order valence-corrected chi connectivity index (χ2v) is 3.47. The molecule has 0 fully saturated rings. The lowest BCUT2D eigenvalue weighted by atomic mass is 10.2. The van der Waals surface area contributed by atoms with E-state index in [-0.39, 0.29) is 12.1 Å². The van der Waals surface area contributed by atoms with Gasteiger partial charge in [-0.1, -0.05) is 11.2 Å². The van der Waals surface area contributed by atoms with Gasteiger partial charge in [-0.25, -0.2) is 0 Å². The molecular weight excluding hydrogens is 208 g/mol. The average Bonchev–Trinajstić information content (AvgIpc) is 2.57. The molecular formula is C11H12N2O3. The number of nitrogens with zero attached hydrogens (tertiary/aromatic N) is 2. The van der Waals surface area contributed by atoms with Crippen molar-refractivity contribution in [3.63, 3.8) is 0 Å². The predicted molar refractivity (Wildman–Crippen MR) is 57.0 cm³/mol. The Labute approximate surface area is 93.1 Å². The van der Waals surface area contributed by atoms with Crippen LogP contribution in [0, 0.1) is 0 Å². The van der Waals surface area contributed by atoms with E-state index in [1.807, 2.05) is 12.1 Å². The molecule has 0 saturated carbocycles. The maximum absolute atomic E-state index is 11.0. The van der Waals surface area contributed by atoms with Gasteiger partial charge in [0.05, 0.1) is 5.69 Å². The highest BCUT2D eigenvalue weighted by atomic mass is 16.6. The smallest absolute Gasteiger partial charge is 0.303 e. The van der Waals surface area contributed by atoms with E-state index in [0.717, 1.165) is 11.3 Å². The van der Waals surface area contributed by atoms with Gasteiger partial charge in [-0.15, -0.1) is 0 Å². The first-order valence-corrected chi connectivity index (χ1v) is 4.95. The van der Waals surface area contributed by atoms with E-state index in [1.54, 1.807) is 6.20 Å². The number of fused-ring (bicyclic) bond motifs is 1. The molecule has 1 aliphatic rings. The summed E-state index contributed by atoms with van der Waals surface area (Å²) in [4.78, 5) is 19.9. The minimum atomic E-state index is -0.387. The molecule has 1 unspecified atom stereocenters. The summed E-state index contributed by atoms with van der Waals surface area (Å²) in [5.74, 6) is -0.332. The fraction of sp³-hybridized carbons (Fsp3) is 0.364. The molecule has 16 heavy (non-hydrogen) atoms. The molecule has 1 atom stereocenters. The number of esters is 1. The van der Waals surface area contributed by atoms with Crippen molar-refractivity contribution in [1.82, 2.24) is 4.98 Å². The third-order valence-electron chi connectivity index (χ3n) is 2.34. The molecule has 0 aliphatic heterocycles. The largest absolute Gasteiger partial charge is 0.455 e. The van der Waals surface area contributed by atoms with Crippen LogP contribution in [0.5, 0.6) is 0 Å². The summed E-state index contributed by atoms with van der Waals surface area (Å²) in [7, 11) is 1.46. The molecule has 1 aromatic heterocycles. The van der Waals surface area contributed by atoms with Gasteiger partial charge in [-0.3, -0.25) is 9.78 Å². The third kappa shape index (κ3) is 1.88. The molecule has 2 rings (SSSR count). The number of ether oxygens (including phenoxy) is 1. The van der Waals surface area contributed by atoms with Crippen LogP contribution < -0.4 is 0 Å². The van der Waals surface area contributed by atoms with Crippen LogP contribution in [0.3, 0.4) is 0 Å². The van der Waals surface area contributed by atoms with Gasteiger partial charge in [-0.2, -0.15) is 0 Å². The van der Waals surface area contributed by atoms with Crippen molar-refractivity contribution in [3.05, 3.63) is 29.6 Å². The Bertz CT molecular complexity index is 443. The van der Waals surface area contributed by atoms with Gasteiger partial charge >= 0.3 is 5.97 Å². The highest BCUT2D eigenvalue weighted by molar-refractivity contribution is 6.06. The molecule has 1 aromatic rings. The van der Waals surface area contributed by atoms with Gasteiger partial charge in [0, 0.05) is 19.5 Å². The topological polar surface area (TPSA) is 60.8 Å². The van der Waals surface area contributed by atoms with Crippen LogP contribution in [-0.2, 0) is 20.8 Å². The van der Waals surface area contributed by atoms with Gasteiger partial charge in [0.25, 0.3) is 0 Å². The Morgan fingerprint density at radius 1 is 1.62 bits per heavy atom. The van der Waals surface area contributed by atoms with E-state index < -0.39 is 0 Å². The number of oxime groups is 1. The number of rotatable bonds is 2. The fourth-order valence-corrected chi connectivity index (χ4v) is 1.78. The second-order valence-electron chi connectivity index (χ2n) is 3.47. The molecule has 1 heterocycles. The van der Waals surface area contributed by atoms with Crippen LogP contribution in [0.1, 0.15) is 18.2 Å². The molecule has 5 nitrogen and oxygen atoms in total. The number of hydrogen-bond acceptors (Lipinski definition) is 5. The third-order valence-corrected chi connectivity index (χ3v) is 2.34. The Balaban J connectivity index is 2.34. The summed E-state index contributed by atoms with van der Waals surface area (Å²) in [6, 6.07) is 3.79. The van der Waals surface area contributed by atoms with Gasteiger partial charge in [-0.05, 0) is 11.6 Å². The Kier molecular flexibility index (Phi) is 2.85. The molecule has 0 radical (unpaired) electrons. The monoisotopic (exact) mass is 220 g/mol. The standard InChI is InChI=1S/C11H12N2O3/c1-7(14)16-9-6-8-4-3-5-12-10(8)11(9)13-15-2/h3-5,9H,6H2,1-2H3/b13-11+. The van der Waals surface area contributed by atoms with Crippen molar-refractivity contribution in [2.75, 3.05) is 7.11 Å². The number of carbonyl (C=O) groups is 1. The van der Waals surface area contributed by atoms with E-state index in [1.165, 1.54) is 14.0 Å². The number of pyridine rings is 1. The minimum Gasteiger partial charge on any atom is -0.455 e. The van der Waals surface area contributed by atoms with Gasteiger partial charge in [0.1, 0.15) is 12.8 Å². The Morgan fingerprint density at radius 2 is 2.44 bits per heavy atom. The first-order chi connectivity index (χ1) is 7.72. The normalized spacial score (nSPS) is 20.6. The molecule has 0 N–H and O–H groups in total. The summed E-state index contributed by atoms with van der Waals surface area (Å²) < 4.78 is 5.17. The van der Waals surface area contributed by atoms with Crippen LogP contribution in [0.15, 0.2) is 23.5 Å². The van der Waals surface area contributed by atoms with Gasteiger partial charge in [0.15, 0.2) is 6.10 Å². The summed E-state index contributed by atoms with van der Waals surface area (Å²) in [6.07, 6.45) is 1.90. The van der Waals surface area contributed by atoms with Crippen molar-refractivity contribution >= 4 is 11.7 Å². The van der Waals surface area contributed by atoms with Gasteiger partial charge < -0.3 is 9.57 Å². The van der Waals surface area contributed by atoms with E-state index in [4.69, 9.17) is 9.57 Å². The molecule has 0 aromatic carbocycles. The van der Waals surface area contributed by atoms with Crippen molar-refractivity contribution in [2.45, 2.75) is 19.4 Å². The zero-order valence-electron chi connectivity index (χ0n) is 9.14.